The molecule has 0 radical (unpaired) electrons. The molecule has 76 valence electrons. The molecule has 0 aliphatic heterocycles. The second-order valence-electron chi connectivity index (χ2n) is 3.76. The standard InChI is InChI=1S/C11H13ClO2/c1-11(2,10(13)14)9-5-3-8(7-12)4-6-9/h3-6H,7H2,1-2H3,(H,13,14). The fourth-order valence-electron chi connectivity index (χ4n) is 1.13. The molecule has 0 aromatic heterocycles. The minimum Gasteiger partial charge on any atom is -0.481 e. The molecule has 0 spiro atoms. The Balaban J connectivity index is 3.02. The number of rotatable bonds is 3. The third kappa shape index (κ3) is 2.07. The fourth-order valence-corrected chi connectivity index (χ4v) is 1.31. The highest BCUT2D eigenvalue weighted by Gasteiger charge is 2.28. The largest absolute Gasteiger partial charge is 0.481 e. The first-order valence-corrected chi connectivity index (χ1v) is 4.90. The Morgan fingerprint density at radius 1 is 1.36 bits per heavy atom. The van der Waals surface area contributed by atoms with Crippen LogP contribution in [0, 0.1) is 0 Å². The summed E-state index contributed by atoms with van der Waals surface area (Å²) in [5.74, 6) is -0.371. The second-order valence-corrected chi connectivity index (χ2v) is 4.03. The Kier molecular flexibility index (Phi) is 3.17. The quantitative estimate of drug-likeness (QED) is 0.783. The van der Waals surface area contributed by atoms with E-state index in [1.165, 1.54) is 0 Å². The topological polar surface area (TPSA) is 37.3 Å². The van der Waals surface area contributed by atoms with Crippen LogP contribution in [0.1, 0.15) is 25.0 Å². The number of carboxylic acid groups (broad SMARTS) is 1. The summed E-state index contributed by atoms with van der Waals surface area (Å²) < 4.78 is 0. The molecule has 3 heteroatoms. The number of aliphatic carboxylic acids is 1. The lowest BCUT2D eigenvalue weighted by Gasteiger charge is -2.19. The molecule has 0 atom stereocenters. The third-order valence-electron chi connectivity index (χ3n) is 2.36. The van der Waals surface area contributed by atoms with Crippen LogP contribution < -0.4 is 0 Å². The molecular formula is C11H13ClO2. The second kappa shape index (κ2) is 4.01. The Morgan fingerprint density at radius 3 is 2.21 bits per heavy atom. The summed E-state index contributed by atoms with van der Waals surface area (Å²) in [4.78, 5) is 10.9. The van der Waals surface area contributed by atoms with E-state index < -0.39 is 11.4 Å². The number of benzene rings is 1. The third-order valence-corrected chi connectivity index (χ3v) is 2.67. The predicted molar refractivity (Wildman–Crippen MR) is 56.7 cm³/mol. The van der Waals surface area contributed by atoms with Gasteiger partial charge in [-0.05, 0) is 25.0 Å². The lowest BCUT2D eigenvalue weighted by molar-refractivity contribution is -0.142. The molecule has 1 aromatic carbocycles. The van der Waals surface area contributed by atoms with Crippen molar-refractivity contribution in [2.75, 3.05) is 0 Å². The molecule has 1 N–H and O–H groups in total. The van der Waals surface area contributed by atoms with Crippen molar-refractivity contribution >= 4 is 17.6 Å². The van der Waals surface area contributed by atoms with E-state index in [1.807, 2.05) is 24.3 Å². The van der Waals surface area contributed by atoms with E-state index in [4.69, 9.17) is 16.7 Å². The van der Waals surface area contributed by atoms with Crippen molar-refractivity contribution < 1.29 is 9.90 Å². The minimum atomic E-state index is -0.842. The zero-order valence-electron chi connectivity index (χ0n) is 8.25. The molecule has 0 aliphatic rings. The first-order valence-electron chi connectivity index (χ1n) is 4.37. The first-order chi connectivity index (χ1) is 6.48. The molecular weight excluding hydrogens is 200 g/mol. The zero-order valence-corrected chi connectivity index (χ0v) is 9.01. The van der Waals surface area contributed by atoms with Crippen LogP contribution >= 0.6 is 11.6 Å². The molecule has 14 heavy (non-hydrogen) atoms. The van der Waals surface area contributed by atoms with Crippen LogP contribution in [0.5, 0.6) is 0 Å². The molecule has 0 bridgehead atoms. The highest BCUT2D eigenvalue weighted by atomic mass is 35.5. The molecule has 2 nitrogen and oxygen atoms in total. The van der Waals surface area contributed by atoms with E-state index in [9.17, 15) is 4.79 Å². The minimum absolute atomic E-state index is 0.452. The first kappa shape index (κ1) is 11.1. The number of carboxylic acids is 1. The van der Waals surface area contributed by atoms with E-state index in [2.05, 4.69) is 0 Å². The van der Waals surface area contributed by atoms with Crippen molar-refractivity contribution in [1.29, 1.82) is 0 Å². The Labute approximate surface area is 88.5 Å². The molecule has 0 saturated carbocycles. The van der Waals surface area contributed by atoms with Gasteiger partial charge in [0, 0.05) is 5.88 Å². The highest BCUT2D eigenvalue weighted by molar-refractivity contribution is 6.17. The lowest BCUT2D eigenvalue weighted by Crippen LogP contribution is -2.28. The number of hydrogen-bond acceptors (Lipinski definition) is 1. The SMILES string of the molecule is CC(C)(C(=O)O)c1ccc(CCl)cc1. The summed E-state index contributed by atoms with van der Waals surface area (Å²) in [6.45, 7) is 3.37. The van der Waals surface area contributed by atoms with Crippen LogP contribution in [0.2, 0.25) is 0 Å². The van der Waals surface area contributed by atoms with Gasteiger partial charge in [0.25, 0.3) is 0 Å². The van der Waals surface area contributed by atoms with E-state index in [-0.39, 0.29) is 0 Å². The van der Waals surface area contributed by atoms with Crippen molar-refractivity contribution in [2.24, 2.45) is 0 Å². The fraction of sp³-hybridized carbons (Fsp3) is 0.364. The van der Waals surface area contributed by atoms with Gasteiger partial charge in [-0.2, -0.15) is 0 Å². The monoisotopic (exact) mass is 212 g/mol. The maximum atomic E-state index is 10.9. The Bertz CT molecular complexity index is 328. The summed E-state index contributed by atoms with van der Waals surface area (Å²) in [6.07, 6.45) is 0. The summed E-state index contributed by atoms with van der Waals surface area (Å²) >= 11 is 5.64. The van der Waals surface area contributed by atoms with Crippen molar-refractivity contribution in [1.82, 2.24) is 0 Å². The van der Waals surface area contributed by atoms with Gasteiger partial charge in [-0.15, -0.1) is 11.6 Å². The molecule has 0 aliphatic carbocycles. The van der Waals surface area contributed by atoms with Gasteiger partial charge in [0.05, 0.1) is 5.41 Å². The van der Waals surface area contributed by atoms with Gasteiger partial charge in [-0.25, -0.2) is 0 Å². The van der Waals surface area contributed by atoms with Gasteiger partial charge >= 0.3 is 5.97 Å². The van der Waals surface area contributed by atoms with Crippen LogP contribution in [-0.4, -0.2) is 11.1 Å². The maximum Gasteiger partial charge on any atom is 0.313 e. The molecule has 0 heterocycles. The predicted octanol–water partition coefficient (Wildman–Crippen LogP) is 2.79. The van der Waals surface area contributed by atoms with Crippen LogP contribution in [0.15, 0.2) is 24.3 Å². The molecule has 1 aromatic rings. The van der Waals surface area contributed by atoms with Crippen LogP contribution in [-0.2, 0) is 16.1 Å². The van der Waals surface area contributed by atoms with Crippen molar-refractivity contribution in [3.8, 4) is 0 Å². The molecule has 0 amide bonds. The maximum absolute atomic E-state index is 10.9. The van der Waals surface area contributed by atoms with Crippen molar-refractivity contribution in [3.63, 3.8) is 0 Å². The van der Waals surface area contributed by atoms with Crippen LogP contribution in [0.25, 0.3) is 0 Å². The van der Waals surface area contributed by atoms with Crippen LogP contribution in [0.3, 0.4) is 0 Å². The van der Waals surface area contributed by atoms with E-state index in [1.54, 1.807) is 13.8 Å². The Hall–Kier alpha value is -1.02. The molecule has 1 rings (SSSR count). The van der Waals surface area contributed by atoms with E-state index in [0.717, 1.165) is 11.1 Å². The average molecular weight is 213 g/mol. The summed E-state index contributed by atoms with van der Waals surface area (Å²) in [5.41, 5.74) is 0.945. The Morgan fingerprint density at radius 2 is 1.86 bits per heavy atom. The van der Waals surface area contributed by atoms with Gasteiger partial charge in [-0.3, -0.25) is 4.79 Å². The van der Waals surface area contributed by atoms with Gasteiger partial charge in [0.15, 0.2) is 0 Å². The van der Waals surface area contributed by atoms with Crippen molar-refractivity contribution in [3.05, 3.63) is 35.4 Å². The summed E-state index contributed by atoms with van der Waals surface area (Å²) in [6, 6.07) is 7.33. The summed E-state index contributed by atoms with van der Waals surface area (Å²) in [5, 5.41) is 9.00. The molecule has 0 saturated heterocycles. The lowest BCUT2D eigenvalue weighted by atomic mass is 9.84. The smallest absolute Gasteiger partial charge is 0.313 e. The van der Waals surface area contributed by atoms with Gasteiger partial charge in [0.2, 0.25) is 0 Å². The van der Waals surface area contributed by atoms with E-state index >= 15 is 0 Å². The number of halogens is 1. The number of carbonyl (C=O) groups is 1. The van der Waals surface area contributed by atoms with Crippen LogP contribution in [0.4, 0.5) is 0 Å². The number of hydrogen-bond donors (Lipinski definition) is 1. The normalized spacial score (nSPS) is 11.4. The molecule has 0 fully saturated rings. The zero-order chi connectivity index (χ0) is 10.8. The van der Waals surface area contributed by atoms with E-state index in [0.29, 0.717) is 5.88 Å². The van der Waals surface area contributed by atoms with Crippen molar-refractivity contribution in [2.45, 2.75) is 25.1 Å². The highest BCUT2D eigenvalue weighted by Crippen LogP contribution is 2.23. The van der Waals surface area contributed by atoms with Gasteiger partial charge in [-0.1, -0.05) is 24.3 Å². The summed E-state index contributed by atoms with van der Waals surface area (Å²) in [7, 11) is 0. The molecule has 0 unspecified atom stereocenters. The average Bonchev–Trinajstić information content (AvgIpc) is 2.17. The number of alkyl halides is 1. The van der Waals surface area contributed by atoms with Gasteiger partial charge < -0.3 is 5.11 Å². The van der Waals surface area contributed by atoms with Gasteiger partial charge in [0.1, 0.15) is 0 Å².